The number of fused-ring (bicyclic) bond motifs is 2. The van der Waals surface area contributed by atoms with Crippen molar-refractivity contribution in [2.45, 2.75) is 25.8 Å². The number of rotatable bonds is 7. The van der Waals surface area contributed by atoms with Gasteiger partial charge >= 0.3 is 0 Å². The minimum atomic E-state index is -0.0910. The van der Waals surface area contributed by atoms with Gasteiger partial charge in [-0.15, -0.1) is 0 Å². The average Bonchev–Trinajstić information content (AvgIpc) is 3.51. The first-order valence-corrected chi connectivity index (χ1v) is 10.3. The van der Waals surface area contributed by atoms with Gasteiger partial charge in [0.05, 0.1) is 17.7 Å². The van der Waals surface area contributed by atoms with E-state index in [0.717, 1.165) is 29.1 Å². The van der Waals surface area contributed by atoms with E-state index in [1.165, 1.54) is 0 Å². The first-order valence-electron chi connectivity index (χ1n) is 10.3. The van der Waals surface area contributed by atoms with Gasteiger partial charge in [0, 0.05) is 35.1 Å². The molecule has 0 atom stereocenters. The highest BCUT2D eigenvalue weighted by Gasteiger charge is 2.27. The summed E-state index contributed by atoms with van der Waals surface area (Å²) in [6.45, 7) is 1.98. The Morgan fingerprint density at radius 3 is 2.77 bits per heavy atom. The normalized spacial score (nSPS) is 13.5. The summed E-state index contributed by atoms with van der Waals surface area (Å²) in [5, 5.41) is 13.5. The molecule has 2 aromatic heterocycles. The lowest BCUT2D eigenvalue weighted by atomic mass is 10.1. The molecule has 4 aromatic rings. The van der Waals surface area contributed by atoms with Gasteiger partial charge in [0.15, 0.2) is 0 Å². The van der Waals surface area contributed by atoms with Crippen molar-refractivity contribution in [1.82, 2.24) is 10.3 Å². The van der Waals surface area contributed by atoms with Crippen LogP contribution < -0.4 is 14.8 Å². The molecule has 5 rings (SSSR count). The van der Waals surface area contributed by atoms with Crippen LogP contribution in [0.4, 0.5) is 0 Å². The van der Waals surface area contributed by atoms with Gasteiger partial charge in [-0.2, -0.15) is 0 Å². The van der Waals surface area contributed by atoms with Gasteiger partial charge in [-0.25, -0.2) is 0 Å². The van der Waals surface area contributed by atoms with Crippen LogP contribution in [-0.4, -0.2) is 35.3 Å². The standard InChI is InChI=1S/C24H22N2O5/c1-14-23(24(28)26-15-2-3-15)19-7-5-17(13-22(19)30-14)31-21-8-9-25-20-12-16(29-11-10-27)4-6-18(20)21/h4-9,12-13,15,27H,2-3,10-11H2,1H3,(H,26,28). The van der Waals surface area contributed by atoms with Crippen LogP contribution in [0.5, 0.6) is 17.2 Å². The summed E-state index contributed by atoms with van der Waals surface area (Å²) in [6.07, 6.45) is 3.74. The fourth-order valence-electron chi connectivity index (χ4n) is 3.60. The number of aromatic nitrogens is 1. The maximum atomic E-state index is 12.6. The number of carbonyl (C=O) groups excluding carboxylic acids is 1. The van der Waals surface area contributed by atoms with Crippen molar-refractivity contribution < 1.29 is 23.8 Å². The van der Waals surface area contributed by atoms with Crippen LogP contribution in [0.1, 0.15) is 29.0 Å². The Hall–Kier alpha value is -3.58. The van der Waals surface area contributed by atoms with Crippen molar-refractivity contribution in [3.8, 4) is 17.2 Å². The number of carbonyl (C=O) groups is 1. The van der Waals surface area contributed by atoms with Crippen LogP contribution in [0.2, 0.25) is 0 Å². The monoisotopic (exact) mass is 418 g/mol. The van der Waals surface area contributed by atoms with Gasteiger partial charge in [0.1, 0.15) is 35.2 Å². The number of nitrogens with zero attached hydrogens (tertiary/aromatic N) is 1. The number of aliphatic hydroxyl groups is 1. The number of nitrogens with one attached hydrogen (secondary N) is 1. The Balaban J connectivity index is 1.43. The fourth-order valence-corrected chi connectivity index (χ4v) is 3.60. The van der Waals surface area contributed by atoms with Gasteiger partial charge in [-0.05, 0) is 50.1 Å². The highest BCUT2D eigenvalue weighted by Crippen LogP contribution is 2.34. The Morgan fingerprint density at radius 1 is 1.16 bits per heavy atom. The molecule has 0 bridgehead atoms. The van der Waals surface area contributed by atoms with Gasteiger partial charge in [-0.1, -0.05) is 0 Å². The zero-order chi connectivity index (χ0) is 21.4. The highest BCUT2D eigenvalue weighted by molar-refractivity contribution is 6.07. The molecule has 0 saturated heterocycles. The third-order valence-corrected chi connectivity index (χ3v) is 5.24. The minimum Gasteiger partial charge on any atom is -0.491 e. The van der Waals surface area contributed by atoms with Gasteiger partial charge in [0.25, 0.3) is 5.91 Å². The molecule has 2 aromatic carbocycles. The van der Waals surface area contributed by atoms with Gasteiger partial charge < -0.3 is 24.3 Å². The quantitative estimate of drug-likeness (QED) is 0.464. The number of hydrogen-bond donors (Lipinski definition) is 2. The van der Waals surface area contributed by atoms with Crippen molar-refractivity contribution >= 4 is 27.8 Å². The Bertz CT molecular complexity index is 1280. The topological polar surface area (TPSA) is 93.8 Å². The highest BCUT2D eigenvalue weighted by atomic mass is 16.5. The number of benzene rings is 2. The number of amides is 1. The summed E-state index contributed by atoms with van der Waals surface area (Å²) >= 11 is 0. The molecule has 0 radical (unpaired) electrons. The first kappa shape index (κ1) is 19.4. The number of aryl methyl sites for hydroxylation is 1. The zero-order valence-corrected chi connectivity index (χ0v) is 17.1. The predicted molar refractivity (Wildman–Crippen MR) is 116 cm³/mol. The van der Waals surface area contributed by atoms with Crippen LogP contribution in [-0.2, 0) is 0 Å². The molecule has 7 heteroatoms. The van der Waals surface area contributed by atoms with Crippen molar-refractivity contribution in [2.75, 3.05) is 13.2 Å². The molecule has 31 heavy (non-hydrogen) atoms. The van der Waals surface area contributed by atoms with Crippen LogP contribution in [0.15, 0.2) is 53.1 Å². The second-order valence-corrected chi connectivity index (χ2v) is 7.60. The lowest BCUT2D eigenvalue weighted by molar-refractivity contribution is 0.0951. The summed E-state index contributed by atoms with van der Waals surface area (Å²) in [5.41, 5.74) is 1.91. The molecule has 1 fully saturated rings. The van der Waals surface area contributed by atoms with Crippen LogP contribution >= 0.6 is 0 Å². The number of ether oxygens (including phenoxy) is 2. The van der Waals surface area contributed by atoms with E-state index in [1.807, 2.05) is 30.3 Å². The lowest BCUT2D eigenvalue weighted by Gasteiger charge is -2.10. The van der Waals surface area contributed by atoms with Crippen molar-refractivity contribution in [3.05, 3.63) is 60.0 Å². The van der Waals surface area contributed by atoms with Gasteiger partial charge in [0.2, 0.25) is 0 Å². The van der Waals surface area contributed by atoms with E-state index >= 15 is 0 Å². The SMILES string of the molecule is Cc1oc2cc(Oc3ccnc4cc(OCCO)ccc34)ccc2c1C(=O)NC1CC1. The summed E-state index contributed by atoms with van der Waals surface area (Å²) in [5.74, 6) is 2.38. The molecular weight excluding hydrogens is 396 g/mol. The Kier molecular flexibility index (Phi) is 4.95. The summed E-state index contributed by atoms with van der Waals surface area (Å²) in [7, 11) is 0. The van der Waals surface area contributed by atoms with Crippen molar-refractivity contribution in [3.63, 3.8) is 0 Å². The molecule has 7 nitrogen and oxygen atoms in total. The third-order valence-electron chi connectivity index (χ3n) is 5.24. The Labute approximate surface area is 178 Å². The maximum Gasteiger partial charge on any atom is 0.255 e. The molecule has 0 unspecified atom stereocenters. The number of pyridine rings is 1. The second kappa shape index (κ2) is 7.92. The molecule has 1 aliphatic carbocycles. The molecule has 2 N–H and O–H groups in total. The number of furan rings is 1. The van der Waals surface area contributed by atoms with E-state index in [-0.39, 0.29) is 25.2 Å². The largest absolute Gasteiger partial charge is 0.491 e. The molecule has 0 aliphatic heterocycles. The van der Waals surface area contributed by atoms with E-state index in [4.69, 9.17) is 19.0 Å². The van der Waals surface area contributed by atoms with E-state index in [1.54, 1.807) is 25.3 Å². The smallest absolute Gasteiger partial charge is 0.255 e. The van der Waals surface area contributed by atoms with Crippen molar-refractivity contribution in [1.29, 1.82) is 0 Å². The van der Waals surface area contributed by atoms with E-state index in [0.29, 0.717) is 34.2 Å². The van der Waals surface area contributed by atoms with E-state index in [2.05, 4.69) is 10.3 Å². The molecule has 2 heterocycles. The van der Waals surface area contributed by atoms with E-state index in [9.17, 15) is 4.79 Å². The second-order valence-electron chi connectivity index (χ2n) is 7.60. The molecule has 0 spiro atoms. The molecule has 1 saturated carbocycles. The third kappa shape index (κ3) is 3.92. The first-order chi connectivity index (χ1) is 15.1. The lowest BCUT2D eigenvalue weighted by Crippen LogP contribution is -2.25. The summed E-state index contributed by atoms with van der Waals surface area (Å²) < 4.78 is 17.4. The van der Waals surface area contributed by atoms with Crippen molar-refractivity contribution in [2.24, 2.45) is 0 Å². The maximum absolute atomic E-state index is 12.6. The predicted octanol–water partition coefficient (Wildman–Crippen LogP) is 4.35. The zero-order valence-electron chi connectivity index (χ0n) is 17.1. The number of aliphatic hydroxyl groups excluding tert-OH is 1. The molecule has 1 amide bonds. The van der Waals surface area contributed by atoms with Crippen LogP contribution in [0.3, 0.4) is 0 Å². The van der Waals surface area contributed by atoms with Crippen LogP contribution in [0, 0.1) is 6.92 Å². The van der Waals surface area contributed by atoms with Crippen LogP contribution in [0.25, 0.3) is 21.9 Å². The average molecular weight is 418 g/mol. The van der Waals surface area contributed by atoms with Gasteiger partial charge in [-0.3, -0.25) is 9.78 Å². The molecule has 158 valence electrons. The number of hydrogen-bond acceptors (Lipinski definition) is 6. The summed E-state index contributed by atoms with van der Waals surface area (Å²) in [4.78, 5) is 17.0. The Morgan fingerprint density at radius 2 is 1.97 bits per heavy atom. The fraction of sp³-hybridized carbons (Fsp3) is 0.250. The molecular formula is C24H22N2O5. The van der Waals surface area contributed by atoms with E-state index < -0.39 is 0 Å². The molecule has 1 aliphatic rings. The summed E-state index contributed by atoms with van der Waals surface area (Å²) in [6, 6.07) is 13.1. The minimum absolute atomic E-state index is 0.0483.